The highest BCUT2D eigenvalue weighted by Gasteiger charge is 2.20. The molecule has 1 aromatic heterocycles. The van der Waals surface area contributed by atoms with Gasteiger partial charge in [-0.25, -0.2) is 13.1 Å². The number of rotatable bonds is 6. The zero-order chi connectivity index (χ0) is 20.0. The lowest BCUT2D eigenvalue weighted by atomic mass is 10.2. The summed E-state index contributed by atoms with van der Waals surface area (Å²) in [5.41, 5.74) is 1.81. The molecule has 0 aliphatic carbocycles. The van der Waals surface area contributed by atoms with Crippen molar-refractivity contribution >= 4 is 40.0 Å². The van der Waals surface area contributed by atoms with Gasteiger partial charge >= 0.3 is 0 Å². The number of nitrogens with zero attached hydrogens (tertiary/aromatic N) is 4. The van der Waals surface area contributed by atoms with E-state index in [9.17, 15) is 8.42 Å². The van der Waals surface area contributed by atoms with Crippen LogP contribution in [-0.2, 0) is 23.1 Å². The van der Waals surface area contributed by atoms with Gasteiger partial charge in [-0.1, -0.05) is 17.3 Å². The van der Waals surface area contributed by atoms with Crippen molar-refractivity contribution in [2.45, 2.75) is 18.0 Å². The van der Waals surface area contributed by atoms with Crippen molar-refractivity contribution in [2.75, 3.05) is 40.3 Å². The molecule has 1 aliphatic heterocycles. The minimum absolute atomic E-state index is 0. The van der Waals surface area contributed by atoms with Crippen LogP contribution in [0.15, 0.2) is 51.0 Å². The Morgan fingerprint density at radius 2 is 2.00 bits per heavy atom. The largest absolute Gasteiger partial charge is 0.364 e. The van der Waals surface area contributed by atoms with Crippen LogP contribution in [-0.4, -0.2) is 69.6 Å². The minimum Gasteiger partial charge on any atom is -0.364 e. The smallest absolute Gasteiger partial charge is 0.240 e. The Labute approximate surface area is 188 Å². The fourth-order valence-electron chi connectivity index (χ4n) is 3.12. The first kappa shape index (κ1) is 23.6. The molecule has 1 fully saturated rings. The highest BCUT2D eigenvalue weighted by molar-refractivity contribution is 14.0. The molecule has 0 spiro atoms. The van der Waals surface area contributed by atoms with E-state index in [1.54, 1.807) is 31.5 Å². The number of guanidine groups is 1. The number of piperazine rings is 1. The first-order valence-corrected chi connectivity index (χ1v) is 10.6. The molecule has 0 bridgehead atoms. The summed E-state index contributed by atoms with van der Waals surface area (Å²) in [6, 6.07) is 8.77. The predicted octanol–water partition coefficient (Wildman–Crippen LogP) is 1.09. The molecule has 0 radical (unpaired) electrons. The Morgan fingerprint density at radius 3 is 2.62 bits per heavy atom. The third-order valence-corrected chi connectivity index (χ3v) is 6.10. The topological polar surface area (TPSA) is 103 Å². The molecule has 29 heavy (non-hydrogen) atoms. The van der Waals surface area contributed by atoms with Crippen molar-refractivity contribution < 1.29 is 12.9 Å². The number of hydrogen-bond acceptors (Lipinski definition) is 6. The van der Waals surface area contributed by atoms with Crippen molar-refractivity contribution in [1.82, 2.24) is 25.0 Å². The standard InChI is InChI=1S/C18H26N6O3S.HI/c1-19-18(21-13-15-4-3-5-17(12-15)28(25,26)20-2)24-9-7-23(8-10-24)14-16-6-11-27-22-16;/h3-6,11-12,20H,7-10,13-14H2,1-2H3,(H,19,21);1H. The van der Waals surface area contributed by atoms with Crippen molar-refractivity contribution in [2.24, 2.45) is 4.99 Å². The maximum Gasteiger partial charge on any atom is 0.240 e. The third kappa shape index (κ3) is 6.39. The van der Waals surface area contributed by atoms with Gasteiger partial charge < -0.3 is 14.7 Å². The van der Waals surface area contributed by atoms with Crippen molar-refractivity contribution in [3.05, 3.63) is 47.9 Å². The quantitative estimate of drug-likeness (QED) is 0.325. The summed E-state index contributed by atoms with van der Waals surface area (Å²) in [4.78, 5) is 9.15. The Balaban J connectivity index is 0.00000300. The Morgan fingerprint density at radius 1 is 1.24 bits per heavy atom. The molecule has 0 saturated carbocycles. The van der Waals surface area contributed by atoms with E-state index >= 15 is 0 Å². The third-order valence-electron chi connectivity index (χ3n) is 4.69. The predicted molar refractivity (Wildman–Crippen MR) is 122 cm³/mol. The number of halogens is 1. The lowest BCUT2D eigenvalue weighted by molar-refractivity contribution is 0.169. The van der Waals surface area contributed by atoms with Gasteiger partial charge in [-0.05, 0) is 24.7 Å². The molecule has 0 atom stereocenters. The summed E-state index contributed by atoms with van der Waals surface area (Å²) in [5, 5.41) is 7.29. The average molecular weight is 534 g/mol. The molecule has 1 saturated heterocycles. The Bertz CT molecular complexity index is 896. The zero-order valence-corrected chi connectivity index (χ0v) is 19.7. The zero-order valence-electron chi connectivity index (χ0n) is 16.5. The Hall–Kier alpha value is -1.70. The van der Waals surface area contributed by atoms with Crippen LogP contribution in [0, 0.1) is 0 Å². The van der Waals surface area contributed by atoms with Crippen LogP contribution in [0.5, 0.6) is 0 Å². The second kappa shape index (κ2) is 10.9. The van der Waals surface area contributed by atoms with Crippen LogP contribution in [0.25, 0.3) is 0 Å². The van der Waals surface area contributed by atoms with E-state index in [0.717, 1.165) is 49.9 Å². The SMILES string of the molecule is CN=C(NCc1cccc(S(=O)(=O)NC)c1)N1CCN(Cc2ccon2)CC1.I. The van der Waals surface area contributed by atoms with Crippen LogP contribution in [0.2, 0.25) is 0 Å². The van der Waals surface area contributed by atoms with Gasteiger partial charge in [0.15, 0.2) is 5.96 Å². The highest BCUT2D eigenvalue weighted by atomic mass is 127. The monoisotopic (exact) mass is 534 g/mol. The van der Waals surface area contributed by atoms with Crippen molar-refractivity contribution in [1.29, 1.82) is 0 Å². The van der Waals surface area contributed by atoms with Gasteiger partial charge in [0.25, 0.3) is 0 Å². The van der Waals surface area contributed by atoms with E-state index < -0.39 is 10.0 Å². The van der Waals surface area contributed by atoms with Crippen LogP contribution in [0.4, 0.5) is 0 Å². The van der Waals surface area contributed by atoms with E-state index in [-0.39, 0.29) is 28.9 Å². The lowest BCUT2D eigenvalue weighted by Crippen LogP contribution is -2.52. The normalized spacial score (nSPS) is 15.8. The molecule has 0 unspecified atom stereocenters. The lowest BCUT2D eigenvalue weighted by Gasteiger charge is -2.36. The summed E-state index contributed by atoms with van der Waals surface area (Å²) >= 11 is 0. The van der Waals surface area contributed by atoms with Gasteiger partial charge in [0.1, 0.15) is 6.26 Å². The van der Waals surface area contributed by atoms with E-state index in [1.165, 1.54) is 7.05 Å². The van der Waals surface area contributed by atoms with Crippen LogP contribution < -0.4 is 10.0 Å². The summed E-state index contributed by atoms with van der Waals surface area (Å²) in [5.74, 6) is 0.808. The number of aliphatic imine (C=N–C) groups is 1. The van der Waals surface area contributed by atoms with E-state index in [4.69, 9.17) is 4.52 Å². The second-order valence-corrected chi connectivity index (χ2v) is 8.40. The summed E-state index contributed by atoms with van der Waals surface area (Å²) in [7, 11) is -0.286. The maximum absolute atomic E-state index is 12.0. The molecular formula is C18H27IN6O3S. The van der Waals surface area contributed by atoms with Crippen molar-refractivity contribution in [3.63, 3.8) is 0 Å². The van der Waals surface area contributed by atoms with Crippen LogP contribution in [0.1, 0.15) is 11.3 Å². The molecule has 1 aliphatic rings. The molecule has 11 heteroatoms. The van der Waals surface area contributed by atoms with Gasteiger partial charge in [0, 0.05) is 52.4 Å². The van der Waals surface area contributed by atoms with Crippen LogP contribution >= 0.6 is 24.0 Å². The molecule has 2 heterocycles. The van der Waals surface area contributed by atoms with Gasteiger partial charge in [0.05, 0.1) is 10.6 Å². The minimum atomic E-state index is -3.45. The number of nitrogens with one attached hydrogen (secondary N) is 2. The average Bonchev–Trinajstić information content (AvgIpc) is 3.23. The molecule has 9 nitrogen and oxygen atoms in total. The molecule has 1 aromatic carbocycles. The van der Waals surface area contributed by atoms with Crippen molar-refractivity contribution in [3.8, 4) is 0 Å². The molecule has 3 rings (SSSR count). The molecule has 160 valence electrons. The van der Waals surface area contributed by atoms with Gasteiger partial charge in [-0.2, -0.15) is 0 Å². The molecule has 2 N–H and O–H groups in total. The van der Waals surface area contributed by atoms with E-state index in [0.29, 0.717) is 6.54 Å². The first-order chi connectivity index (χ1) is 13.5. The van der Waals surface area contributed by atoms with E-state index in [2.05, 4.69) is 30.0 Å². The number of sulfonamides is 1. The maximum atomic E-state index is 12.0. The highest BCUT2D eigenvalue weighted by Crippen LogP contribution is 2.12. The van der Waals surface area contributed by atoms with E-state index in [1.807, 2.05) is 12.1 Å². The van der Waals surface area contributed by atoms with Gasteiger partial charge in [-0.15, -0.1) is 24.0 Å². The summed E-state index contributed by atoms with van der Waals surface area (Å²) in [6.45, 7) is 4.80. The molecule has 0 amide bonds. The fourth-order valence-corrected chi connectivity index (χ4v) is 3.92. The summed E-state index contributed by atoms with van der Waals surface area (Å²) in [6.07, 6.45) is 1.59. The number of aromatic nitrogens is 1. The van der Waals surface area contributed by atoms with Gasteiger partial charge in [0.2, 0.25) is 10.0 Å². The number of benzene rings is 1. The second-order valence-electron chi connectivity index (χ2n) is 6.51. The van der Waals surface area contributed by atoms with Crippen LogP contribution in [0.3, 0.4) is 0 Å². The van der Waals surface area contributed by atoms with Gasteiger partial charge in [-0.3, -0.25) is 9.89 Å². The summed E-state index contributed by atoms with van der Waals surface area (Å²) < 4.78 is 31.1. The molecular weight excluding hydrogens is 507 g/mol. The first-order valence-electron chi connectivity index (χ1n) is 9.11. The fraction of sp³-hybridized carbons (Fsp3) is 0.444. The Kier molecular flexibility index (Phi) is 8.86. The molecule has 2 aromatic rings. The number of hydrogen-bond donors (Lipinski definition) is 2.